The highest BCUT2D eigenvalue weighted by Gasteiger charge is 2.68. The first kappa shape index (κ1) is 25.3. The molecule has 2 heterocycles. The number of carbonyl (C=O) groups excluding carboxylic acids is 1. The Labute approximate surface area is 224 Å². The van der Waals surface area contributed by atoms with Crippen LogP contribution in [0.4, 0.5) is 5.69 Å². The molecule has 0 aromatic heterocycles. The van der Waals surface area contributed by atoms with Crippen molar-refractivity contribution < 1.29 is 19.2 Å². The van der Waals surface area contributed by atoms with Crippen LogP contribution in [0.3, 0.4) is 0 Å². The number of nitrogens with one attached hydrogen (secondary N) is 1. The van der Waals surface area contributed by atoms with Gasteiger partial charge in [-0.25, -0.2) is 0 Å². The van der Waals surface area contributed by atoms with Gasteiger partial charge in [-0.1, -0.05) is 53.5 Å². The lowest BCUT2D eigenvalue weighted by molar-refractivity contribution is -0.534. The predicted octanol–water partition coefficient (Wildman–Crippen LogP) is 5.49. The van der Waals surface area contributed by atoms with Crippen LogP contribution < -0.4 is 14.8 Å². The molecule has 2 aliphatic rings. The number of rotatable bonds is 7. The van der Waals surface area contributed by atoms with E-state index in [2.05, 4.69) is 5.32 Å². The van der Waals surface area contributed by atoms with Gasteiger partial charge in [0, 0.05) is 38.3 Å². The van der Waals surface area contributed by atoms with E-state index in [4.69, 9.17) is 32.7 Å². The van der Waals surface area contributed by atoms with Gasteiger partial charge in [0.05, 0.1) is 12.5 Å². The number of nitrogens with zero attached hydrogens (tertiary/aromatic N) is 2. The number of hydrogen-bond acceptors (Lipinski definition) is 6. The van der Waals surface area contributed by atoms with Crippen molar-refractivity contribution in [2.24, 2.45) is 0 Å². The van der Waals surface area contributed by atoms with Crippen LogP contribution in [-0.4, -0.2) is 42.0 Å². The molecule has 3 aromatic carbocycles. The van der Waals surface area contributed by atoms with E-state index in [1.165, 1.54) is 0 Å². The van der Waals surface area contributed by atoms with Gasteiger partial charge >= 0.3 is 0 Å². The summed E-state index contributed by atoms with van der Waals surface area (Å²) in [5.41, 5.74) is 1.28. The number of anilines is 1. The van der Waals surface area contributed by atoms with Crippen molar-refractivity contribution in [2.45, 2.75) is 31.0 Å². The van der Waals surface area contributed by atoms with Gasteiger partial charge in [-0.05, 0) is 49.9 Å². The number of likely N-dealkylation sites (N-methyl/N-ethyl adjacent to an activating group) is 1. The SMILES string of the molecule is CCOc1cc([C@@H]2CN(C)[C@]3(C(=O)Nc4ccccc43)[C@H]2[N+](=O)[O-])ccc1OCc1ccc(Cl)cc1Cl. The number of halogens is 2. The number of likely N-dealkylation sites (tertiary alicyclic amines) is 1. The van der Waals surface area contributed by atoms with E-state index in [1.54, 1.807) is 72.6 Å². The van der Waals surface area contributed by atoms with Gasteiger partial charge in [-0.2, -0.15) is 0 Å². The minimum Gasteiger partial charge on any atom is -0.490 e. The molecule has 3 atom stereocenters. The first-order valence-electron chi connectivity index (χ1n) is 11.9. The summed E-state index contributed by atoms with van der Waals surface area (Å²) in [4.78, 5) is 27.4. The van der Waals surface area contributed by atoms with Gasteiger partial charge in [-0.15, -0.1) is 0 Å². The zero-order chi connectivity index (χ0) is 26.3. The number of ether oxygens (including phenoxy) is 2. The summed E-state index contributed by atoms with van der Waals surface area (Å²) >= 11 is 12.3. The van der Waals surface area contributed by atoms with Crippen molar-refractivity contribution in [1.29, 1.82) is 0 Å². The van der Waals surface area contributed by atoms with Gasteiger partial charge in [0.15, 0.2) is 17.0 Å². The molecule has 1 saturated heterocycles. The van der Waals surface area contributed by atoms with Crippen molar-refractivity contribution in [3.8, 4) is 11.5 Å². The first-order chi connectivity index (χ1) is 17.8. The topological polar surface area (TPSA) is 93.9 Å². The van der Waals surface area contributed by atoms with E-state index in [9.17, 15) is 14.9 Å². The maximum atomic E-state index is 13.3. The van der Waals surface area contributed by atoms with Crippen LogP contribution in [0.2, 0.25) is 10.0 Å². The second-order valence-electron chi connectivity index (χ2n) is 9.15. The maximum Gasteiger partial charge on any atom is 0.256 e. The smallest absolute Gasteiger partial charge is 0.256 e. The zero-order valence-corrected chi connectivity index (χ0v) is 21.8. The third-order valence-corrected chi connectivity index (χ3v) is 7.72. The fraction of sp³-hybridized carbons (Fsp3) is 0.296. The normalized spacial score (nSPS) is 22.6. The molecule has 0 bridgehead atoms. The summed E-state index contributed by atoms with van der Waals surface area (Å²) in [7, 11) is 1.76. The quantitative estimate of drug-likeness (QED) is 0.314. The van der Waals surface area contributed by atoms with E-state index in [1.807, 2.05) is 6.92 Å². The molecule has 1 amide bonds. The highest BCUT2D eigenvalue weighted by molar-refractivity contribution is 6.35. The molecule has 2 aliphatic heterocycles. The Bertz CT molecular complexity index is 1380. The second kappa shape index (κ2) is 9.85. The highest BCUT2D eigenvalue weighted by atomic mass is 35.5. The third kappa shape index (κ3) is 4.19. The standard InChI is InChI=1S/C27H25Cl2N3O5/c1-3-36-24-12-16(9-11-23(24)37-15-17-8-10-18(28)13-21(17)29)19-14-31(2)27(25(19)32(34)35)20-6-4-5-7-22(20)30-26(27)33/h4-13,19,25H,3,14-15H2,1-2H3,(H,30,33)/t19-,25-,27-/m0/s1. The number of nitro groups is 1. The number of fused-ring (bicyclic) bond motifs is 2. The van der Waals surface area contributed by atoms with E-state index in [0.717, 1.165) is 5.56 Å². The van der Waals surface area contributed by atoms with Gasteiger partial charge < -0.3 is 14.8 Å². The Morgan fingerprint density at radius 2 is 1.89 bits per heavy atom. The molecule has 1 fully saturated rings. The monoisotopic (exact) mass is 541 g/mol. The summed E-state index contributed by atoms with van der Waals surface area (Å²) < 4.78 is 11.9. The minimum atomic E-state index is -1.41. The molecule has 8 nitrogen and oxygen atoms in total. The average molecular weight is 542 g/mol. The number of hydrogen-bond donors (Lipinski definition) is 1. The van der Waals surface area contributed by atoms with E-state index in [0.29, 0.717) is 51.5 Å². The molecule has 3 aromatic rings. The number of amides is 1. The number of benzene rings is 3. The lowest BCUT2D eigenvalue weighted by Gasteiger charge is -2.30. The molecule has 10 heteroatoms. The molecule has 1 N–H and O–H groups in total. The Morgan fingerprint density at radius 3 is 2.62 bits per heavy atom. The minimum absolute atomic E-state index is 0.194. The van der Waals surface area contributed by atoms with Crippen LogP contribution in [0.25, 0.3) is 0 Å². The summed E-state index contributed by atoms with van der Waals surface area (Å²) in [6, 6.07) is 16.4. The molecule has 0 saturated carbocycles. The van der Waals surface area contributed by atoms with Crippen LogP contribution in [0.1, 0.15) is 29.5 Å². The highest BCUT2D eigenvalue weighted by Crippen LogP contribution is 2.52. The van der Waals surface area contributed by atoms with Crippen molar-refractivity contribution in [3.63, 3.8) is 0 Å². The van der Waals surface area contributed by atoms with Gasteiger partial charge in [0.1, 0.15) is 6.61 Å². The number of carbonyl (C=O) groups is 1. The Hall–Kier alpha value is -3.33. The van der Waals surface area contributed by atoms with Crippen molar-refractivity contribution in [2.75, 3.05) is 25.5 Å². The summed E-state index contributed by atoms with van der Waals surface area (Å²) in [5, 5.41) is 16.4. The van der Waals surface area contributed by atoms with Crippen LogP contribution in [0, 0.1) is 10.1 Å². The predicted molar refractivity (Wildman–Crippen MR) is 141 cm³/mol. The lowest BCUT2D eigenvalue weighted by Crippen LogP contribution is -2.54. The maximum absolute atomic E-state index is 13.3. The van der Waals surface area contributed by atoms with Gasteiger partial charge in [-0.3, -0.25) is 19.8 Å². The molecular formula is C27H25Cl2N3O5. The second-order valence-corrected chi connectivity index (χ2v) is 9.99. The van der Waals surface area contributed by atoms with E-state index < -0.39 is 17.5 Å². The molecule has 192 valence electrons. The lowest BCUT2D eigenvalue weighted by atomic mass is 9.79. The largest absolute Gasteiger partial charge is 0.490 e. The molecule has 37 heavy (non-hydrogen) atoms. The Morgan fingerprint density at radius 1 is 1.11 bits per heavy atom. The molecule has 0 unspecified atom stereocenters. The van der Waals surface area contributed by atoms with Crippen LogP contribution >= 0.6 is 23.2 Å². The van der Waals surface area contributed by atoms with Gasteiger partial charge in [0.25, 0.3) is 11.9 Å². The Kier molecular flexibility index (Phi) is 6.74. The third-order valence-electron chi connectivity index (χ3n) is 7.14. The molecule has 5 rings (SSSR count). The summed E-state index contributed by atoms with van der Waals surface area (Å²) in [5.74, 6) is 0.00690. The van der Waals surface area contributed by atoms with Crippen molar-refractivity contribution >= 4 is 34.8 Å². The summed E-state index contributed by atoms with van der Waals surface area (Å²) in [6.45, 7) is 2.74. The summed E-state index contributed by atoms with van der Waals surface area (Å²) in [6.07, 6.45) is 0. The molecule has 1 spiro atoms. The van der Waals surface area contributed by atoms with Crippen LogP contribution in [0.15, 0.2) is 60.7 Å². The Balaban J connectivity index is 1.49. The van der Waals surface area contributed by atoms with Gasteiger partial charge in [0.2, 0.25) is 0 Å². The number of para-hydroxylation sites is 1. The molecular weight excluding hydrogens is 517 g/mol. The van der Waals surface area contributed by atoms with Crippen LogP contribution in [0.5, 0.6) is 11.5 Å². The zero-order valence-electron chi connectivity index (χ0n) is 20.2. The van der Waals surface area contributed by atoms with E-state index in [-0.39, 0.29) is 17.4 Å². The average Bonchev–Trinajstić information content (AvgIpc) is 3.34. The fourth-order valence-electron chi connectivity index (χ4n) is 5.52. The first-order valence-corrected chi connectivity index (χ1v) is 12.6. The molecule has 0 radical (unpaired) electrons. The van der Waals surface area contributed by atoms with Crippen LogP contribution in [-0.2, 0) is 16.9 Å². The van der Waals surface area contributed by atoms with E-state index >= 15 is 0 Å². The van der Waals surface area contributed by atoms with Crippen molar-refractivity contribution in [3.05, 3.63) is 97.5 Å². The fourth-order valence-corrected chi connectivity index (χ4v) is 5.98. The molecule has 0 aliphatic carbocycles. The van der Waals surface area contributed by atoms with Crippen molar-refractivity contribution in [1.82, 2.24) is 4.90 Å².